The molecule has 0 spiro atoms. The number of nitrogens with zero attached hydrogens (tertiary/aromatic N) is 1. The predicted octanol–water partition coefficient (Wildman–Crippen LogP) is 3.34. The van der Waals surface area contributed by atoms with Crippen LogP contribution in [0.4, 0.5) is 5.69 Å². The lowest BCUT2D eigenvalue weighted by atomic mass is 10.0. The second kappa shape index (κ2) is 7.02. The van der Waals surface area contributed by atoms with Crippen molar-refractivity contribution in [1.29, 1.82) is 0 Å². The highest BCUT2D eigenvalue weighted by Crippen LogP contribution is 2.34. The second-order valence-corrected chi connectivity index (χ2v) is 6.70. The summed E-state index contributed by atoms with van der Waals surface area (Å²) in [4.78, 5) is 26.7. The van der Waals surface area contributed by atoms with Gasteiger partial charge in [-0.15, -0.1) is 11.6 Å². The van der Waals surface area contributed by atoms with E-state index in [1.54, 1.807) is 0 Å². The van der Waals surface area contributed by atoms with E-state index in [4.69, 9.17) is 16.3 Å². The van der Waals surface area contributed by atoms with E-state index in [1.807, 2.05) is 30.0 Å². The number of amides is 1. The number of fused-ring (bicyclic) bond motifs is 1. The third-order valence-corrected chi connectivity index (χ3v) is 4.86. The summed E-state index contributed by atoms with van der Waals surface area (Å²) in [7, 11) is 0. The SMILES string of the molecule is CC1Cc2cc(C(=O)CCCCl)ccc2N1C(=O)C1CCCO1. The molecule has 4 nitrogen and oxygen atoms in total. The van der Waals surface area contributed by atoms with Gasteiger partial charge in [0.2, 0.25) is 0 Å². The lowest BCUT2D eigenvalue weighted by Gasteiger charge is -2.25. The fourth-order valence-corrected chi connectivity index (χ4v) is 3.57. The molecule has 0 aromatic heterocycles. The predicted molar refractivity (Wildman–Crippen MR) is 90.4 cm³/mol. The molecule has 0 N–H and O–H groups in total. The van der Waals surface area contributed by atoms with Crippen molar-refractivity contribution < 1.29 is 14.3 Å². The fourth-order valence-electron chi connectivity index (χ4n) is 3.44. The number of rotatable bonds is 5. The number of alkyl halides is 1. The Balaban J connectivity index is 1.80. The molecule has 2 heterocycles. The summed E-state index contributed by atoms with van der Waals surface area (Å²) in [5, 5.41) is 0. The Morgan fingerprint density at radius 3 is 2.91 bits per heavy atom. The lowest BCUT2D eigenvalue weighted by molar-refractivity contribution is -0.127. The highest BCUT2D eigenvalue weighted by molar-refractivity contribution is 6.18. The highest BCUT2D eigenvalue weighted by Gasteiger charge is 2.36. The average molecular weight is 336 g/mol. The summed E-state index contributed by atoms with van der Waals surface area (Å²) >= 11 is 5.65. The van der Waals surface area contributed by atoms with Crippen LogP contribution < -0.4 is 4.90 Å². The molecular weight excluding hydrogens is 314 g/mol. The molecule has 1 aromatic carbocycles. The molecule has 124 valence electrons. The Morgan fingerprint density at radius 2 is 2.22 bits per heavy atom. The van der Waals surface area contributed by atoms with Crippen LogP contribution in [0.15, 0.2) is 18.2 Å². The third-order valence-electron chi connectivity index (χ3n) is 4.60. The Hall–Kier alpha value is -1.39. The van der Waals surface area contributed by atoms with E-state index in [1.165, 1.54) is 0 Å². The van der Waals surface area contributed by atoms with Crippen molar-refractivity contribution in [1.82, 2.24) is 0 Å². The molecule has 2 aliphatic heterocycles. The molecule has 2 atom stereocenters. The first-order chi connectivity index (χ1) is 11.1. The van der Waals surface area contributed by atoms with Crippen LogP contribution in [0.5, 0.6) is 0 Å². The molecule has 0 saturated carbocycles. The van der Waals surface area contributed by atoms with Crippen LogP contribution in [0.2, 0.25) is 0 Å². The highest BCUT2D eigenvalue weighted by atomic mass is 35.5. The molecule has 2 unspecified atom stereocenters. The first kappa shape index (κ1) is 16.5. The molecule has 0 radical (unpaired) electrons. The summed E-state index contributed by atoms with van der Waals surface area (Å²) in [5.41, 5.74) is 2.71. The summed E-state index contributed by atoms with van der Waals surface area (Å²) < 4.78 is 5.54. The molecule has 23 heavy (non-hydrogen) atoms. The maximum absolute atomic E-state index is 12.7. The summed E-state index contributed by atoms with van der Waals surface area (Å²) in [5.74, 6) is 0.664. The number of carbonyl (C=O) groups is 2. The Morgan fingerprint density at radius 1 is 1.39 bits per heavy atom. The smallest absolute Gasteiger partial charge is 0.256 e. The van der Waals surface area contributed by atoms with Crippen LogP contribution in [-0.2, 0) is 16.0 Å². The number of hydrogen-bond acceptors (Lipinski definition) is 3. The van der Waals surface area contributed by atoms with E-state index in [0.717, 1.165) is 30.5 Å². The van der Waals surface area contributed by atoms with Crippen LogP contribution in [0.3, 0.4) is 0 Å². The van der Waals surface area contributed by atoms with Gasteiger partial charge in [-0.1, -0.05) is 0 Å². The average Bonchev–Trinajstić information content (AvgIpc) is 3.18. The van der Waals surface area contributed by atoms with E-state index < -0.39 is 0 Å². The van der Waals surface area contributed by atoms with Gasteiger partial charge >= 0.3 is 0 Å². The maximum Gasteiger partial charge on any atom is 0.256 e. The minimum atomic E-state index is -0.312. The topological polar surface area (TPSA) is 46.6 Å². The Kier molecular flexibility index (Phi) is 5.02. The molecular formula is C18H22ClNO3. The van der Waals surface area contributed by atoms with Crippen molar-refractivity contribution in [2.24, 2.45) is 0 Å². The van der Waals surface area contributed by atoms with Crippen molar-refractivity contribution in [3.63, 3.8) is 0 Å². The van der Waals surface area contributed by atoms with Gasteiger partial charge < -0.3 is 9.64 Å². The molecule has 0 aliphatic carbocycles. The molecule has 3 rings (SSSR count). The van der Waals surface area contributed by atoms with Gasteiger partial charge in [0.1, 0.15) is 6.10 Å². The molecule has 1 fully saturated rings. The number of hydrogen-bond donors (Lipinski definition) is 0. The molecule has 0 bridgehead atoms. The fraction of sp³-hybridized carbons (Fsp3) is 0.556. The van der Waals surface area contributed by atoms with E-state index in [-0.39, 0.29) is 23.8 Å². The van der Waals surface area contributed by atoms with Crippen molar-refractivity contribution in [2.45, 2.75) is 51.2 Å². The number of anilines is 1. The van der Waals surface area contributed by atoms with Crippen molar-refractivity contribution in [2.75, 3.05) is 17.4 Å². The third kappa shape index (κ3) is 3.29. The van der Waals surface area contributed by atoms with E-state index in [2.05, 4.69) is 0 Å². The van der Waals surface area contributed by atoms with Crippen LogP contribution in [0, 0.1) is 0 Å². The first-order valence-corrected chi connectivity index (χ1v) is 8.82. The zero-order valence-electron chi connectivity index (χ0n) is 13.4. The summed E-state index contributed by atoms with van der Waals surface area (Å²) in [6.45, 7) is 2.71. The van der Waals surface area contributed by atoms with Crippen LogP contribution in [0.1, 0.15) is 48.5 Å². The van der Waals surface area contributed by atoms with Crippen molar-refractivity contribution in [3.05, 3.63) is 29.3 Å². The summed E-state index contributed by atoms with van der Waals surface area (Å²) in [6.07, 6.45) is 3.37. The van der Waals surface area contributed by atoms with Crippen molar-refractivity contribution in [3.8, 4) is 0 Å². The van der Waals surface area contributed by atoms with Crippen LogP contribution in [-0.4, -0.2) is 36.3 Å². The van der Waals surface area contributed by atoms with Gasteiger partial charge in [0.25, 0.3) is 5.91 Å². The van der Waals surface area contributed by atoms with Gasteiger partial charge in [-0.2, -0.15) is 0 Å². The van der Waals surface area contributed by atoms with Gasteiger partial charge in [0.05, 0.1) is 0 Å². The molecule has 1 saturated heterocycles. The number of carbonyl (C=O) groups excluding carboxylic acids is 2. The number of ether oxygens (including phenoxy) is 1. The van der Waals surface area contributed by atoms with E-state index in [0.29, 0.717) is 30.9 Å². The van der Waals surface area contributed by atoms with Crippen LogP contribution >= 0.6 is 11.6 Å². The van der Waals surface area contributed by atoms with E-state index >= 15 is 0 Å². The number of benzene rings is 1. The Bertz CT molecular complexity index is 610. The number of Topliss-reactive ketones (excluding diaryl/α,β-unsaturated/α-hetero) is 1. The van der Waals surface area contributed by atoms with Gasteiger partial charge in [-0.25, -0.2) is 0 Å². The summed E-state index contributed by atoms with van der Waals surface area (Å²) in [6, 6.07) is 5.77. The largest absolute Gasteiger partial charge is 0.368 e. The van der Waals surface area contributed by atoms with Gasteiger partial charge in [0, 0.05) is 36.2 Å². The molecule has 2 aliphatic rings. The molecule has 5 heteroatoms. The first-order valence-electron chi connectivity index (χ1n) is 8.28. The van der Waals surface area contributed by atoms with Crippen molar-refractivity contribution >= 4 is 29.0 Å². The minimum Gasteiger partial charge on any atom is -0.368 e. The second-order valence-electron chi connectivity index (χ2n) is 6.32. The number of halogens is 1. The lowest BCUT2D eigenvalue weighted by Crippen LogP contribution is -2.42. The van der Waals surface area contributed by atoms with Gasteiger partial charge in [0.15, 0.2) is 5.78 Å². The quantitative estimate of drug-likeness (QED) is 0.612. The zero-order valence-corrected chi connectivity index (χ0v) is 14.1. The minimum absolute atomic E-state index is 0.0509. The standard InChI is InChI=1S/C18H22ClNO3/c1-12-10-14-11-13(16(21)4-2-8-19)6-7-15(14)20(12)18(22)17-5-3-9-23-17/h6-7,11-12,17H,2-5,8-10H2,1H3. The molecule has 1 aromatic rings. The van der Waals surface area contributed by atoms with Gasteiger partial charge in [-0.3, -0.25) is 9.59 Å². The molecule has 1 amide bonds. The Labute approximate surface area is 141 Å². The van der Waals surface area contributed by atoms with E-state index in [9.17, 15) is 9.59 Å². The normalized spacial score (nSPS) is 23.1. The monoisotopic (exact) mass is 335 g/mol. The van der Waals surface area contributed by atoms with Gasteiger partial charge in [-0.05, 0) is 56.4 Å². The van der Waals surface area contributed by atoms with Crippen LogP contribution in [0.25, 0.3) is 0 Å². The maximum atomic E-state index is 12.7. The number of ketones is 1. The zero-order chi connectivity index (χ0) is 16.4.